The lowest BCUT2D eigenvalue weighted by Crippen LogP contribution is -2.38. The summed E-state index contributed by atoms with van der Waals surface area (Å²) in [4.78, 5) is 24.3. The lowest BCUT2D eigenvalue weighted by molar-refractivity contribution is -0.385. The minimum absolute atomic E-state index is 0.0104. The molecule has 3 aromatic rings. The molecule has 0 bridgehead atoms. The van der Waals surface area contributed by atoms with Crippen molar-refractivity contribution >= 4 is 56.4 Å². The number of aryl methyl sites for hydroxylation is 1. The number of nitrogens with one attached hydrogen (secondary N) is 1. The first-order valence-corrected chi connectivity index (χ1v) is 13.2. The first kappa shape index (κ1) is 26.3. The number of sulfonamides is 1. The van der Waals surface area contributed by atoms with Gasteiger partial charge in [0.25, 0.3) is 15.7 Å². The Morgan fingerprint density at radius 2 is 1.91 bits per heavy atom. The fourth-order valence-corrected chi connectivity index (χ4v) is 5.33. The molecule has 0 unspecified atom stereocenters. The molecule has 0 saturated heterocycles. The SMILES string of the molecule is COc1ccc(Cl)cc1N(CC(=O)Nc1cccc(SC)c1)S(=O)(=O)c1ccc(C)c([N+](=O)[O-])c1. The number of nitro benzene ring substituents is 1. The first-order valence-electron chi connectivity index (χ1n) is 10.1. The average Bonchev–Trinajstić information content (AvgIpc) is 2.82. The number of carbonyl (C=O) groups is 1. The summed E-state index contributed by atoms with van der Waals surface area (Å²) in [7, 11) is -3.10. The molecule has 1 amide bonds. The van der Waals surface area contributed by atoms with Crippen LogP contribution in [-0.4, -0.2) is 39.2 Å². The predicted molar refractivity (Wildman–Crippen MR) is 137 cm³/mol. The van der Waals surface area contributed by atoms with Gasteiger partial charge in [0.2, 0.25) is 5.91 Å². The van der Waals surface area contributed by atoms with Crippen LogP contribution >= 0.6 is 23.4 Å². The minimum Gasteiger partial charge on any atom is -0.495 e. The number of nitrogens with zero attached hydrogens (tertiary/aromatic N) is 2. The number of amides is 1. The van der Waals surface area contributed by atoms with Crippen molar-refractivity contribution in [2.24, 2.45) is 0 Å². The number of hydrogen-bond donors (Lipinski definition) is 1. The number of nitro groups is 1. The Morgan fingerprint density at radius 1 is 1.17 bits per heavy atom. The van der Waals surface area contributed by atoms with E-state index in [2.05, 4.69) is 5.32 Å². The van der Waals surface area contributed by atoms with Crippen LogP contribution in [0.1, 0.15) is 5.56 Å². The molecule has 0 aromatic heterocycles. The highest BCUT2D eigenvalue weighted by molar-refractivity contribution is 7.98. The maximum atomic E-state index is 13.7. The Labute approximate surface area is 212 Å². The molecule has 1 N–H and O–H groups in total. The van der Waals surface area contributed by atoms with Crippen molar-refractivity contribution in [1.82, 2.24) is 0 Å². The minimum atomic E-state index is -4.45. The number of carbonyl (C=O) groups excluding carboxylic acids is 1. The summed E-state index contributed by atoms with van der Waals surface area (Å²) in [6, 6.07) is 15.0. The molecule has 0 saturated carbocycles. The summed E-state index contributed by atoms with van der Waals surface area (Å²) < 4.78 is 33.6. The van der Waals surface area contributed by atoms with Crippen LogP contribution in [0.3, 0.4) is 0 Å². The number of rotatable bonds is 9. The molecular weight excluding hydrogens is 514 g/mol. The van der Waals surface area contributed by atoms with Crippen molar-refractivity contribution in [2.75, 3.05) is 29.5 Å². The van der Waals surface area contributed by atoms with Gasteiger partial charge in [0.15, 0.2) is 0 Å². The topological polar surface area (TPSA) is 119 Å². The first-order chi connectivity index (χ1) is 16.6. The number of ether oxygens (including phenoxy) is 1. The van der Waals surface area contributed by atoms with E-state index in [4.69, 9.17) is 16.3 Å². The Kier molecular flexibility index (Phi) is 8.26. The van der Waals surface area contributed by atoms with Gasteiger partial charge in [-0.3, -0.25) is 19.2 Å². The molecule has 0 radical (unpaired) electrons. The fourth-order valence-electron chi connectivity index (χ4n) is 3.26. The van der Waals surface area contributed by atoms with Gasteiger partial charge in [-0.25, -0.2) is 8.42 Å². The molecule has 3 aromatic carbocycles. The molecule has 0 spiro atoms. The number of halogens is 1. The molecule has 0 aliphatic heterocycles. The van der Waals surface area contributed by atoms with Crippen LogP contribution in [0.4, 0.5) is 17.1 Å². The molecule has 35 heavy (non-hydrogen) atoms. The van der Waals surface area contributed by atoms with E-state index in [0.29, 0.717) is 11.3 Å². The number of thioether (sulfide) groups is 1. The lowest BCUT2D eigenvalue weighted by atomic mass is 10.2. The Bertz CT molecular complexity index is 1380. The maximum Gasteiger partial charge on any atom is 0.273 e. The number of methoxy groups -OCH3 is 1. The van der Waals surface area contributed by atoms with Gasteiger partial charge in [-0.05, 0) is 55.6 Å². The molecule has 9 nitrogen and oxygen atoms in total. The molecule has 3 rings (SSSR count). The highest BCUT2D eigenvalue weighted by Gasteiger charge is 2.31. The fraction of sp³-hybridized carbons (Fsp3) is 0.174. The number of anilines is 2. The van der Waals surface area contributed by atoms with Gasteiger partial charge in [-0.1, -0.05) is 23.7 Å². The summed E-state index contributed by atoms with van der Waals surface area (Å²) in [5.74, 6) is -0.479. The van der Waals surface area contributed by atoms with Gasteiger partial charge < -0.3 is 10.1 Å². The van der Waals surface area contributed by atoms with E-state index < -0.39 is 27.4 Å². The average molecular weight is 536 g/mol. The third kappa shape index (κ3) is 6.05. The van der Waals surface area contributed by atoms with Gasteiger partial charge in [0.1, 0.15) is 12.3 Å². The summed E-state index contributed by atoms with van der Waals surface area (Å²) in [5, 5.41) is 14.3. The zero-order valence-electron chi connectivity index (χ0n) is 19.0. The zero-order valence-corrected chi connectivity index (χ0v) is 21.4. The van der Waals surface area contributed by atoms with E-state index in [-0.39, 0.29) is 27.0 Å². The van der Waals surface area contributed by atoms with Gasteiger partial charge in [0, 0.05) is 27.2 Å². The molecule has 0 fully saturated rings. The van der Waals surface area contributed by atoms with Crippen molar-refractivity contribution in [3.05, 3.63) is 81.4 Å². The van der Waals surface area contributed by atoms with E-state index in [9.17, 15) is 23.3 Å². The van der Waals surface area contributed by atoms with Gasteiger partial charge >= 0.3 is 0 Å². The molecule has 12 heteroatoms. The molecule has 0 atom stereocenters. The van der Waals surface area contributed by atoms with Crippen LogP contribution < -0.4 is 14.4 Å². The Morgan fingerprint density at radius 3 is 2.57 bits per heavy atom. The Balaban J connectivity index is 2.08. The van der Waals surface area contributed by atoms with E-state index in [0.717, 1.165) is 15.3 Å². The van der Waals surface area contributed by atoms with Crippen LogP contribution in [0.5, 0.6) is 5.75 Å². The van der Waals surface area contributed by atoms with Crippen molar-refractivity contribution in [3.8, 4) is 5.75 Å². The zero-order chi connectivity index (χ0) is 25.8. The van der Waals surface area contributed by atoms with E-state index in [1.165, 1.54) is 56.1 Å². The number of hydrogen-bond acceptors (Lipinski definition) is 7. The predicted octanol–water partition coefficient (Wildman–Crippen LogP) is 5.12. The van der Waals surface area contributed by atoms with Crippen LogP contribution in [0.25, 0.3) is 0 Å². The summed E-state index contributed by atoms with van der Waals surface area (Å²) in [6.07, 6.45) is 1.89. The maximum absolute atomic E-state index is 13.7. The quantitative estimate of drug-likeness (QED) is 0.229. The monoisotopic (exact) mass is 535 g/mol. The van der Waals surface area contributed by atoms with E-state index >= 15 is 0 Å². The van der Waals surface area contributed by atoms with Crippen LogP contribution in [0.2, 0.25) is 5.02 Å². The van der Waals surface area contributed by atoms with E-state index in [1.807, 2.05) is 12.3 Å². The van der Waals surface area contributed by atoms with Gasteiger partial charge in [-0.2, -0.15) is 0 Å². The molecule has 0 heterocycles. The highest BCUT2D eigenvalue weighted by atomic mass is 35.5. The third-order valence-corrected chi connectivity index (χ3v) is 7.73. The lowest BCUT2D eigenvalue weighted by Gasteiger charge is -2.26. The van der Waals surface area contributed by atoms with E-state index in [1.54, 1.807) is 18.2 Å². The Hall–Kier alpha value is -3.28. The second-order valence-electron chi connectivity index (χ2n) is 7.31. The second kappa shape index (κ2) is 11.0. The van der Waals surface area contributed by atoms with Gasteiger partial charge in [0.05, 0.1) is 22.6 Å². The normalized spacial score (nSPS) is 11.1. The largest absolute Gasteiger partial charge is 0.495 e. The summed E-state index contributed by atoms with van der Waals surface area (Å²) in [5.41, 5.74) is 0.439. The molecule has 0 aliphatic rings. The van der Waals surface area contributed by atoms with Crippen molar-refractivity contribution in [3.63, 3.8) is 0 Å². The van der Waals surface area contributed by atoms with Crippen molar-refractivity contribution in [2.45, 2.75) is 16.7 Å². The highest BCUT2D eigenvalue weighted by Crippen LogP contribution is 2.36. The van der Waals surface area contributed by atoms with Crippen LogP contribution in [0, 0.1) is 17.0 Å². The van der Waals surface area contributed by atoms with Crippen LogP contribution in [-0.2, 0) is 14.8 Å². The number of benzene rings is 3. The molecule has 184 valence electrons. The summed E-state index contributed by atoms with van der Waals surface area (Å²) in [6.45, 7) is 0.868. The van der Waals surface area contributed by atoms with Crippen LogP contribution in [0.15, 0.2) is 70.5 Å². The molecule has 0 aliphatic carbocycles. The third-order valence-electron chi connectivity index (χ3n) is 5.02. The standard InChI is InChI=1S/C23H22ClN3O6S2/c1-15-7-9-19(13-20(15)27(29)30)35(31,32)26(21-11-16(24)8-10-22(21)33-2)14-23(28)25-17-5-4-6-18(12-17)34-3/h4-13H,14H2,1-3H3,(H,25,28). The smallest absolute Gasteiger partial charge is 0.273 e. The van der Waals surface area contributed by atoms with Crippen molar-refractivity contribution in [1.29, 1.82) is 0 Å². The van der Waals surface area contributed by atoms with Gasteiger partial charge in [-0.15, -0.1) is 11.8 Å². The van der Waals surface area contributed by atoms with Crippen molar-refractivity contribution < 1.29 is 22.9 Å². The molecular formula is C23H22ClN3O6S2. The second-order valence-corrected chi connectivity index (χ2v) is 10.5. The summed E-state index contributed by atoms with van der Waals surface area (Å²) >= 11 is 7.62.